The van der Waals surface area contributed by atoms with Crippen molar-refractivity contribution >= 4 is 17.6 Å². The summed E-state index contributed by atoms with van der Waals surface area (Å²) in [6.07, 6.45) is -2.19. The van der Waals surface area contributed by atoms with E-state index in [2.05, 4.69) is 15.0 Å². The molecule has 0 bridgehead atoms. The number of hydrogen-bond acceptors (Lipinski definition) is 9. The minimum absolute atomic E-state index is 0.0893. The van der Waals surface area contributed by atoms with Crippen LogP contribution in [0, 0.1) is 5.82 Å². The van der Waals surface area contributed by atoms with Crippen molar-refractivity contribution in [3.63, 3.8) is 0 Å². The molecule has 0 radical (unpaired) electrons. The average molecular weight is 582 g/mol. The number of halogens is 5. The number of carbonyl (C=O) groups is 1. The molecular weight excluding hydrogens is 566 g/mol. The number of nitrogens with zero attached hydrogens (tertiary/aromatic N) is 5. The highest BCUT2D eigenvalue weighted by molar-refractivity contribution is 6.31. The molecule has 0 aliphatic rings. The van der Waals surface area contributed by atoms with E-state index in [0.717, 1.165) is 7.05 Å². The van der Waals surface area contributed by atoms with Crippen molar-refractivity contribution in [3.8, 4) is 23.3 Å². The molecule has 208 valence electrons. The SMILES string of the molecule is Cn1c(C(F)(F)F)cc(=O)n(-c2nc(Oc3cccnc3OCC(=O)OCc3ccccn3)c(Cl)cc2F)c1=O. The van der Waals surface area contributed by atoms with Gasteiger partial charge in [-0.15, -0.1) is 0 Å². The third-order valence-corrected chi connectivity index (χ3v) is 5.35. The van der Waals surface area contributed by atoms with Crippen LogP contribution in [0.25, 0.3) is 5.82 Å². The Kier molecular flexibility index (Phi) is 8.13. The van der Waals surface area contributed by atoms with Gasteiger partial charge in [0.25, 0.3) is 11.4 Å². The van der Waals surface area contributed by atoms with E-state index in [9.17, 15) is 31.9 Å². The zero-order chi connectivity index (χ0) is 29.0. The molecule has 0 saturated heterocycles. The molecule has 0 saturated carbocycles. The van der Waals surface area contributed by atoms with Crippen LogP contribution < -0.4 is 20.7 Å². The molecule has 0 unspecified atom stereocenters. The standard InChI is InChI=1S/C24H16ClF4N5O6/c1-33-17(24(27,28)29)10-18(35)34(23(33)37)20-15(26)9-14(25)21(32-20)40-16-6-4-8-31-22(16)39-12-19(36)38-11-13-5-2-3-7-30-13/h2-10H,11-12H2,1H3. The number of aromatic nitrogens is 5. The third-order valence-electron chi connectivity index (χ3n) is 5.08. The quantitative estimate of drug-likeness (QED) is 0.227. The highest BCUT2D eigenvalue weighted by atomic mass is 35.5. The van der Waals surface area contributed by atoms with E-state index >= 15 is 0 Å². The molecule has 0 fully saturated rings. The summed E-state index contributed by atoms with van der Waals surface area (Å²) in [5, 5.41) is -0.428. The van der Waals surface area contributed by atoms with Gasteiger partial charge < -0.3 is 14.2 Å². The van der Waals surface area contributed by atoms with Gasteiger partial charge in [-0.05, 0) is 24.3 Å². The zero-order valence-electron chi connectivity index (χ0n) is 20.2. The first kappa shape index (κ1) is 28.2. The molecule has 4 aromatic heterocycles. The minimum Gasteiger partial charge on any atom is -0.463 e. The second kappa shape index (κ2) is 11.5. The number of pyridine rings is 3. The minimum atomic E-state index is -5.02. The summed E-state index contributed by atoms with van der Waals surface area (Å²) < 4.78 is 70.4. The maximum absolute atomic E-state index is 14.7. The lowest BCUT2D eigenvalue weighted by molar-refractivity contribution is -0.147. The first-order valence-corrected chi connectivity index (χ1v) is 11.4. The summed E-state index contributed by atoms with van der Waals surface area (Å²) in [7, 11) is 0.757. The molecular formula is C24H16ClF4N5O6. The molecule has 0 aliphatic heterocycles. The van der Waals surface area contributed by atoms with Gasteiger partial charge >= 0.3 is 17.8 Å². The van der Waals surface area contributed by atoms with E-state index < -0.39 is 58.2 Å². The van der Waals surface area contributed by atoms with Crippen LogP contribution in [-0.2, 0) is 29.4 Å². The monoisotopic (exact) mass is 581 g/mol. The van der Waals surface area contributed by atoms with Crippen LogP contribution in [0.3, 0.4) is 0 Å². The summed E-state index contributed by atoms with van der Waals surface area (Å²) in [6.45, 7) is -0.692. The first-order chi connectivity index (χ1) is 19.0. The molecule has 40 heavy (non-hydrogen) atoms. The van der Waals surface area contributed by atoms with Crippen LogP contribution >= 0.6 is 11.6 Å². The van der Waals surface area contributed by atoms with Crippen LogP contribution in [-0.4, -0.2) is 36.7 Å². The number of alkyl halides is 3. The number of ether oxygens (including phenoxy) is 3. The van der Waals surface area contributed by atoms with Crippen molar-refractivity contribution in [1.82, 2.24) is 24.1 Å². The van der Waals surface area contributed by atoms with Crippen molar-refractivity contribution in [2.75, 3.05) is 6.61 Å². The molecule has 11 nitrogen and oxygen atoms in total. The van der Waals surface area contributed by atoms with E-state index in [-0.39, 0.29) is 33.4 Å². The van der Waals surface area contributed by atoms with Gasteiger partial charge in [0.2, 0.25) is 5.88 Å². The predicted molar refractivity (Wildman–Crippen MR) is 129 cm³/mol. The molecule has 16 heteroatoms. The Bertz CT molecular complexity index is 1680. The summed E-state index contributed by atoms with van der Waals surface area (Å²) in [5.74, 6) is -3.98. The summed E-state index contributed by atoms with van der Waals surface area (Å²) in [4.78, 5) is 48.8. The van der Waals surface area contributed by atoms with Gasteiger partial charge in [0.1, 0.15) is 17.3 Å². The van der Waals surface area contributed by atoms with Gasteiger partial charge in [0.15, 0.2) is 24.0 Å². The van der Waals surface area contributed by atoms with E-state index in [0.29, 0.717) is 11.8 Å². The largest absolute Gasteiger partial charge is 0.463 e. The fourth-order valence-electron chi connectivity index (χ4n) is 3.23. The molecule has 0 aliphatic carbocycles. The van der Waals surface area contributed by atoms with Gasteiger partial charge in [-0.1, -0.05) is 17.7 Å². The van der Waals surface area contributed by atoms with Crippen LogP contribution in [0.4, 0.5) is 17.6 Å². The van der Waals surface area contributed by atoms with Crippen molar-refractivity contribution < 1.29 is 36.6 Å². The Balaban J connectivity index is 1.59. The smallest absolute Gasteiger partial charge is 0.431 e. The van der Waals surface area contributed by atoms with Gasteiger partial charge in [0, 0.05) is 31.6 Å². The lowest BCUT2D eigenvalue weighted by atomic mass is 10.3. The third kappa shape index (κ3) is 6.26. The van der Waals surface area contributed by atoms with Crippen molar-refractivity contribution in [2.24, 2.45) is 7.05 Å². The maximum Gasteiger partial charge on any atom is 0.431 e. The molecule has 0 N–H and O–H groups in total. The van der Waals surface area contributed by atoms with Crippen LogP contribution in [0.1, 0.15) is 11.4 Å². The molecule has 0 atom stereocenters. The highest BCUT2D eigenvalue weighted by Crippen LogP contribution is 2.34. The topological polar surface area (TPSA) is 127 Å². The number of carbonyl (C=O) groups excluding carboxylic acids is 1. The van der Waals surface area contributed by atoms with Crippen molar-refractivity contribution in [2.45, 2.75) is 12.8 Å². The van der Waals surface area contributed by atoms with Crippen molar-refractivity contribution in [1.29, 1.82) is 0 Å². The summed E-state index contributed by atoms with van der Waals surface area (Å²) in [6, 6.07) is 8.58. The Morgan fingerprint density at radius 2 is 1.80 bits per heavy atom. The fraction of sp³-hybridized carbons (Fsp3) is 0.167. The van der Waals surface area contributed by atoms with E-state index in [1.807, 2.05) is 0 Å². The average Bonchev–Trinajstić information content (AvgIpc) is 2.91. The van der Waals surface area contributed by atoms with Crippen LogP contribution in [0.2, 0.25) is 5.02 Å². The molecule has 4 aromatic rings. The van der Waals surface area contributed by atoms with Crippen LogP contribution in [0.15, 0.2) is 64.4 Å². The number of rotatable bonds is 8. The molecule has 4 heterocycles. The fourth-order valence-corrected chi connectivity index (χ4v) is 3.41. The predicted octanol–water partition coefficient (Wildman–Crippen LogP) is 3.45. The Labute approximate surface area is 226 Å². The highest BCUT2D eigenvalue weighted by Gasteiger charge is 2.35. The van der Waals surface area contributed by atoms with Gasteiger partial charge in [-0.3, -0.25) is 14.3 Å². The van der Waals surface area contributed by atoms with E-state index in [1.165, 1.54) is 24.5 Å². The number of hydrogen-bond donors (Lipinski definition) is 0. The molecule has 4 rings (SSSR count). The second-order valence-electron chi connectivity index (χ2n) is 7.80. The number of esters is 1. The van der Waals surface area contributed by atoms with Gasteiger partial charge in [-0.2, -0.15) is 18.2 Å². The first-order valence-electron chi connectivity index (χ1n) is 11.0. The molecule has 0 spiro atoms. The van der Waals surface area contributed by atoms with E-state index in [4.69, 9.17) is 25.8 Å². The molecule has 0 amide bonds. The normalized spacial score (nSPS) is 11.2. The maximum atomic E-state index is 14.7. The van der Waals surface area contributed by atoms with Crippen LogP contribution in [0.5, 0.6) is 17.5 Å². The lowest BCUT2D eigenvalue weighted by Gasteiger charge is -2.15. The Morgan fingerprint density at radius 1 is 1.05 bits per heavy atom. The molecule has 0 aromatic carbocycles. The Hall–Kier alpha value is -4.79. The van der Waals surface area contributed by atoms with Crippen molar-refractivity contribution in [3.05, 3.63) is 97.9 Å². The summed E-state index contributed by atoms with van der Waals surface area (Å²) in [5.41, 5.74) is -4.05. The Morgan fingerprint density at radius 3 is 2.50 bits per heavy atom. The lowest BCUT2D eigenvalue weighted by Crippen LogP contribution is -2.41. The van der Waals surface area contributed by atoms with Gasteiger partial charge in [-0.25, -0.2) is 23.5 Å². The van der Waals surface area contributed by atoms with E-state index in [1.54, 1.807) is 18.2 Å². The summed E-state index contributed by atoms with van der Waals surface area (Å²) >= 11 is 6.03. The second-order valence-corrected chi connectivity index (χ2v) is 8.21. The van der Waals surface area contributed by atoms with Gasteiger partial charge in [0.05, 0.1) is 5.69 Å². The zero-order valence-corrected chi connectivity index (χ0v) is 20.9.